The first-order valence-corrected chi connectivity index (χ1v) is 11.7. The predicted molar refractivity (Wildman–Crippen MR) is 129 cm³/mol. The van der Waals surface area contributed by atoms with Crippen molar-refractivity contribution in [3.05, 3.63) is 64.2 Å². The van der Waals surface area contributed by atoms with Gasteiger partial charge in [0.25, 0.3) is 5.91 Å². The summed E-state index contributed by atoms with van der Waals surface area (Å²) < 4.78 is 7.52. The molecule has 2 aliphatic heterocycles. The van der Waals surface area contributed by atoms with Crippen LogP contribution in [0.3, 0.4) is 0 Å². The summed E-state index contributed by atoms with van der Waals surface area (Å²) in [5, 5.41) is 4.43. The Morgan fingerprint density at radius 2 is 2.03 bits per heavy atom. The Hall–Kier alpha value is -2.61. The van der Waals surface area contributed by atoms with Crippen molar-refractivity contribution in [2.75, 3.05) is 25.1 Å². The van der Waals surface area contributed by atoms with Crippen LogP contribution in [0.4, 0.5) is 5.82 Å². The number of carbonyl (C=O) groups excluding carboxylic acids is 1. The van der Waals surface area contributed by atoms with Gasteiger partial charge in [0, 0.05) is 48.7 Å². The number of nitrogens with one attached hydrogen (secondary N) is 1. The van der Waals surface area contributed by atoms with Crippen molar-refractivity contribution in [2.45, 2.75) is 33.0 Å². The second-order valence-corrected chi connectivity index (χ2v) is 10.1. The second-order valence-electron chi connectivity index (χ2n) is 9.21. The van der Waals surface area contributed by atoms with Crippen molar-refractivity contribution in [3.63, 3.8) is 0 Å². The molecule has 0 unspecified atom stereocenters. The summed E-state index contributed by atoms with van der Waals surface area (Å²) in [6.07, 6.45) is 3.53. The summed E-state index contributed by atoms with van der Waals surface area (Å²) in [5.41, 5.74) is 2.23. The van der Waals surface area contributed by atoms with Gasteiger partial charge in [-0.05, 0) is 37.6 Å². The van der Waals surface area contributed by atoms with Gasteiger partial charge in [-0.1, -0.05) is 35.3 Å². The van der Waals surface area contributed by atoms with Gasteiger partial charge in [0.05, 0.1) is 29.3 Å². The van der Waals surface area contributed by atoms with E-state index in [4.69, 9.17) is 32.9 Å². The Balaban J connectivity index is 1.52. The van der Waals surface area contributed by atoms with Crippen molar-refractivity contribution in [1.82, 2.24) is 19.4 Å². The molecule has 3 aromatic rings. The number of hydrogen-bond acceptors (Lipinski definition) is 5. The average molecular weight is 486 g/mol. The molecule has 7 nitrogen and oxygen atoms in total. The highest BCUT2D eigenvalue weighted by molar-refractivity contribution is 6.33. The van der Waals surface area contributed by atoms with E-state index in [2.05, 4.69) is 10.3 Å². The summed E-state index contributed by atoms with van der Waals surface area (Å²) in [4.78, 5) is 24.5. The Bertz CT molecular complexity index is 1210. The standard InChI is InChI=1S/C24H25Cl2N5O2/c1-15(2)28-21-7-18(19(26)8-27-21)20-10-30-11-24(13-33-14-24)12-31(23(32)22(30)29-20)9-16-4-3-5-17(25)6-16/h3-8,10,15H,9,11-14H2,1-2H3,(H,27,28). The van der Waals surface area contributed by atoms with Gasteiger partial charge in [0.2, 0.25) is 0 Å². The fourth-order valence-electron chi connectivity index (χ4n) is 4.43. The lowest BCUT2D eigenvalue weighted by Gasteiger charge is -2.42. The van der Waals surface area contributed by atoms with Crippen molar-refractivity contribution in [2.24, 2.45) is 5.41 Å². The van der Waals surface area contributed by atoms with Gasteiger partial charge < -0.3 is 19.5 Å². The SMILES string of the molecule is CC(C)Nc1cc(-c2cn3c(n2)C(=O)N(Cc2cccc(Cl)c2)CC2(COC2)C3)c(Cl)cn1. The molecule has 1 fully saturated rings. The number of nitrogens with zero attached hydrogens (tertiary/aromatic N) is 4. The molecule has 9 heteroatoms. The molecule has 1 N–H and O–H groups in total. The second kappa shape index (κ2) is 8.63. The summed E-state index contributed by atoms with van der Waals surface area (Å²) in [7, 11) is 0. The van der Waals surface area contributed by atoms with Crippen LogP contribution in [0.5, 0.6) is 0 Å². The molecular formula is C24H25Cl2N5O2. The normalized spacial score (nSPS) is 17.1. The minimum absolute atomic E-state index is 0.115. The molecule has 5 rings (SSSR count). The largest absolute Gasteiger partial charge is 0.380 e. The van der Waals surface area contributed by atoms with Crippen molar-refractivity contribution in [3.8, 4) is 11.3 Å². The Kier molecular flexibility index (Phi) is 5.80. The van der Waals surface area contributed by atoms with Gasteiger partial charge in [-0.3, -0.25) is 4.79 Å². The number of fused-ring (bicyclic) bond motifs is 1. The lowest BCUT2D eigenvalue weighted by atomic mass is 9.85. The maximum absolute atomic E-state index is 13.6. The van der Waals surface area contributed by atoms with E-state index < -0.39 is 0 Å². The van der Waals surface area contributed by atoms with Crippen LogP contribution >= 0.6 is 23.2 Å². The van der Waals surface area contributed by atoms with E-state index in [1.165, 1.54) is 0 Å². The van der Waals surface area contributed by atoms with Gasteiger partial charge in [-0.15, -0.1) is 0 Å². The number of anilines is 1. The first-order valence-electron chi connectivity index (χ1n) is 10.9. The maximum Gasteiger partial charge on any atom is 0.290 e. The number of rotatable bonds is 5. The van der Waals surface area contributed by atoms with Crippen molar-refractivity contribution >= 4 is 34.9 Å². The number of pyridine rings is 1. The van der Waals surface area contributed by atoms with Crippen LogP contribution in [0.2, 0.25) is 10.0 Å². The van der Waals surface area contributed by atoms with Gasteiger partial charge in [-0.25, -0.2) is 9.97 Å². The monoisotopic (exact) mass is 485 g/mol. The molecule has 0 bridgehead atoms. The van der Waals surface area contributed by atoms with Crippen LogP contribution in [-0.4, -0.2) is 51.1 Å². The van der Waals surface area contributed by atoms with E-state index in [1.807, 2.05) is 59.8 Å². The molecule has 1 amide bonds. The zero-order chi connectivity index (χ0) is 23.2. The summed E-state index contributed by atoms with van der Waals surface area (Å²) >= 11 is 12.7. The van der Waals surface area contributed by atoms with E-state index >= 15 is 0 Å². The van der Waals surface area contributed by atoms with E-state index in [0.717, 1.165) is 11.1 Å². The van der Waals surface area contributed by atoms with Crippen molar-refractivity contribution in [1.29, 1.82) is 0 Å². The number of hydrogen-bond donors (Lipinski definition) is 1. The molecule has 33 heavy (non-hydrogen) atoms. The number of benzene rings is 1. The molecule has 2 aromatic heterocycles. The predicted octanol–water partition coefficient (Wildman–Crippen LogP) is 4.74. The highest BCUT2D eigenvalue weighted by Crippen LogP contribution is 2.37. The third kappa shape index (κ3) is 4.45. The lowest BCUT2D eigenvalue weighted by Crippen LogP contribution is -2.52. The Morgan fingerprint density at radius 1 is 1.21 bits per heavy atom. The minimum Gasteiger partial charge on any atom is -0.380 e. The number of carbonyl (C=O) groups is 1. The molecule has 2 aliphatic rings. The molecule has 1 spiro atoms. The quantitative estimate of drug-likeness (QED) is 0.564. The van der Waals surface area contributed by atoms with Crippen LogP contribution in [0.15, 0.2) is 42.7 Å². The van der Waals surface area contributed by atoms with Gasteiger partial charge in [0.1, 0.15) is 5.82 Å². The number of halogens is 2. The summed E-state index contributed by atoms with van der Waals surface area (Å²) in [6.45, 7) is 7.03. The highest BCUT2D eigenvalue weighted by atomic mass is 35.5. The van der Waals surface area contributed by atoms with Crippen LogP contribution in [0.25, 0.3) is 11.3 Å². The topological polar surface area (TPSA) is 72.3 Å². The molecule has 172 valence electrons. The molecule has 0 radical (unpaired) electrons. The van der Waals surface area contributed by atoms with Gasteiger partial charge >= 0.3 is 0 Å². The minimum atomic E-state index is -0.135. The average Bonchev–Trinajstić information content (AvgIpc) is 3.10. The number of ether oxygens (including phenoxy) is 1. The Morgan fingerprint density at radius 3 is 2.73 bits per heavy atom. The van der Waals surface area contributed by atoms with E-state index in [-0.39, 0.29) is 17.4 Å². The van der Waals surface area contributed by atoms with E-state index in [0.29, 0.717) is 60.2 Å². The third-order valence-electron chi connectivity index (χ3n) is 5.93. The number of imidazole rings is 1. The highest BCUT2D eigenvalue weighted by Gasteiger charge is 2.45. The van der Waals surface area contributed by atoms with Crippen molar-refractivity contribution < 1.29 is 9.53 Å². The zero-order valence-corrected chi connectivity index (χ0v) is 20.0. The first-order chi connectivity index (χ1) is 15.8. The molecule has 0 aliphatic carbocycles. The summed E-state index contributed by atoms with van der Waals surface area (Å²) in [6, 6.07) is 9.70. The third-order valence-corrected chi connectivity index (χ3v) is 6.47. The smallest absolute Gasteiger partial charge is 0.290 e. The summed E-state index contributed by atoms with van der Waals surface area (Å²) in [5.74, 6) is 1.00. The fourth-order valence-corrected chi connectivity index (χ4v) is 4.85. The van der Waals surface area contributed by atoms with Crippen LogP contribution in [0, 0.1) is 5.41 Å². The van der Waals surface area contributed by atoms with Gasteiger partial charge in [0.15, 0.2) is 5.82 Å². The van der Waals surface area contributed by atoms with Gasteiger partial charge in [-0.2, -0.15) is 0 Å². The number of aromatic nitrogens is 3. The molecule has 0 atom stereocenters. The molecule has 4 heterocycles. The first kappa shape index (κ1) is 22.2. The molecular weight excluding hydrogens is 461 g/mol. The fraction of sp³-hybridized carbons (Fsp3) is 0.375. The Labute approximate surface area is 202 Å². The van der Waals surface area contributed by atoms with E-state index in [9.17, 15) is 4.79 Å². The zero-order valence-electron chi connectivity index (χ0n) is 18.5. The van der Waals surface area contributed by atoms with Crippen LogP contribution < -0.4 is 5.32 Å². The molecule has 1 saturated heterocycles. The number of amides is 1. The van der Waals surface area contributed by atoms with E-state index in [1.54, 1.807) is 6.20 Å². The van der Waals surface area contributed by atoms with Crippen LogP contribution in [-0.2, 0) is 17.8 Å². The molecule has 0 saturated carbocycles. The lowest BCUT2D eigenvalue weighted by molar-refractivity contribution is -0.129. The molecule has 1 aromatic carbocycles. The maximum atomic E-state index is 13.6. The van der Waals surface area contributed by atoms with Crippen LogP contribution in [0.1, 0.15) is 30.0 Å².